The Morgan fingerprint density at radius 2 is 1.92 bits per heavy atom. The van der Waals surface area contributed by atoms with Gasteiger partial charge in [0.05, 0.1) is 10.6 Å². The molecule has 1 aromatic rings. The van der Waals surface area contributed by atoms with Gasteiger partial charge < -0.3 is 0 Å². The van der Waals surface area contributed by atoms with Crippen molar-refractivity contribution in [3.8, 4) is 0 Å². The molecule has 1 N–H and O–H groups in total. The Balaban J connectivity index is 2.73. The van der Waals surface area contributed by atoms with Crippen molar-refractivity contribution in [2.45, 2.75) is 0 Å². The molecule has 0 saturated carbocycles. The number of hydrogen-bond donors (Lipinski definition) is 1. The monoisotopic (exact) mass is 181 g/mol. The summed E-state index contributed by atoms with van der Waals surface area (Å²) < 4.78 is 24.8. The number of rotatable bonds is 0. The summed E-state index contributed by atoms with van der Waals surface area (Å²) in [6, 6.07) is 7.01. The maximum absolute atomic E-state index is 11.2. The standard InChI is InChI=1S/C8H7NO2S/c1-6-7-4-2-3-5-8(7)9-12(6,10)11/h2-5,9H,1H2. The second-order valence-corrected chi connectivity index (χ2v) is 4.28. The van der Waals surface area contributed by atoms with Crippen LogP contribution in [0.4, 0.5) is 5.69 Å². The lowest BCUT2D eigenvalue weighted by Crippen LogP contribution is -2.04. The van der Waals surface area contributed by atoms with Gasteiger partial charge in [-0.25, -0.2) is 8.42 Å². The molecule has 0 fully saturated rings. The molecule has 0 unspecified atom stereocenters. The van der Waals surface area contributed by atoms with Crippen LogP contribution >= 0.6 is 0 Å². The lowest BCUT2D eigenvalue weighted by molar-refractivity contribution is 0.611. The molecule has 0 atom stereocenters. The molecule has 1 aliphatic heterocycles. The van der Waals surface area contributed by atoms with E-state index in [2.05, 4.69) is 11.3 Å². The second kappa shape index (κ2) is 2.10. The fourth-order valence-electron chi connectivity index (χ4n) is 1.17. The number of sulfonamides is 1. The first-order valence-electron chi connectivity index (χ1n) is 3.42. The SMILES string of the molecule is C=C1c2ccccc2NS1(=O)=O. The van der Waals surface area contributed by atoms with E-state index in [1.165, 1.54) is 0 Å². The smallest absolute Gasteiger partial charge is 0.261 e. The molecule has 0 amide bonds. The van der Waals surface area contributed by atoms with Gasteiger partial charge in [-0.15, -0.1) is 0 Å². The summed E-state index contributed by atoms with van der Waals surface area (Å²) in [6.45, 7) is 3.50. The Labute approximate surface area is 70.8 Å². The predicted octanol–water partition coefficient (Wildman–Crippen LogP) is 1.41. The molecule has 0 radical (unpaired) electrons. The molecule has 0 bridgehead atoms. The maximum Gasteiger partial charge on any atom is 0.261 e. The Kier molecular flexibility index (Phi) is 1.29. The van der Waals surface area contributed by atoms with Crippen LogP contribution < -0.4 is 4.72 Å². The van der Waals surface area contributed by atoms with Crippen LogP contribution in [0, 0.1) is 0 Å². The van der Waals surface area contributed by atoms with Crippen molar-refractivity contribution in [3.05, 3.63) is 36.4 Å². The van der Waals surface area contributed by atoms with Gasteiger partial charge in [0.2, 0.25) is 0 Å². The summed E-state index contributed by atoms with van der Waals surface area (Å²) in [5, 5.41) is 0. The highest BCUT2D eigenvalue weighted by Gasteiger charge is 2.27. The zero-order chi connectivity index (χ0) is 8.77. The summed E-state index contributed by atoms with van der Waals surface area (Å²) in [4.78, 5) is 0.151. The third-order valence-corrected chi connectivity index (χ3v) is 3.15. The van der Waals surface area contributed by atoms with E-state index in [9.17, 15) is 8.42 Å². The lowest BCUT2D eigenvalue weighted by Gasteiger charge is -1.92. The van der Waals surface area contributed by atoms with Crippen LogP contribution in [0.3, 0.4) is 0 Å². The zero-order valence-corrected chi connectivity index (χ0v) is 7.06. The molecular weight excluding hydrogens is 174 g/mol. The lowest BCUT2D eigenvalue weighted by atomic mass is 10.2. The van der Waals surface area contributed by atoms with E-state index in [4.69, 9.17) is 0 Å². The normalized spacial score (nSPS) is 18.5. The van der Waals surface area contributed by atoms with Gasteiger partial charge in [0.25, 0.3) is 10.0 Å². The number of benzene rings is 1. The van der Waals surface area contributed by atoms with Gasteiger partial charge in [0, 0.05) is 5.56 Å². The summed E-state index contributed by atoms with van der Waals surface area (Å²) in [7, 11) is -3.33. The fourth-order valence-corrected chi connectivity index (χ4v) is 2.22. The molecule has 4 heteroatoms. The van der Waals surface area contributed by atoms with Crippen molar-refractivity contribution >= 4 is 20.6 Å². The van der Waals surface area contributed by atoms with Crippen LogP contribution in [-0.4, -0.2) is 8.42 Å². The van der Waals surface area contributed by atoms with E-state index in [1.807, 2.05) is 0 Å². The molecule has 0 spiro atoms. The van der Waals surface area contributed by atoms with Crippen LogP contribution in [0.5, 0.6) is 0 Å². The molecular formula is C8H7NO2S. The zero-order valence-electron chi connectivity index (χ0n) is 6.24. The van der Waals surface area contributed by atoms with Gasteiger partial charge in [-0.1, -0.05) is 24.8 Å². The van der Waals surface area contributed by atoms with Crippen molar-refractivity contribution in [2.75, 3.05) is 4.72 Å². The number of hydrogen-bond acceptors (Lipinski definition) is 2. The molecule has 1 aliphatic rings. The van der Waals surface area contributed by atoms with E-state index < -0.39 is 10.0 Å². The second-order valence-electron chi connectivity index (χ2n) is 2.57. The first-order chi connectivity index (χ1) is 5.61. The average molecular weight is 181 g/mol. The molecule has 12 heavy (non-hydrogen) atoms. The minimum Gasteiger partial charge on any atom is -0.279 e. The third kappa shape index (κ3) is 0.848. The van der Waals surface area contributed by atoms with Crippen LogP contribution in [0.1, 0.15) is 5.56 Å². The van der Waals surface area contributed by atoms with Gasteiger partial charge in [0.1, 0.15) is 0 Å². The molecule has 1 aromatic carbocycles. The summed E-state index contributed by atoms with van der Waals surface area (Å²) in [6.07, 6.45) is 0. The van der Waals surface area contributed by atoms with Crippen LogP contribution in [0.25, 0.3) is 4.91 Å². The predicted molar refractivity (Wildman–Crippen MR) is 48.0 cm³/mol. The van der Waals surface area contributed by atoms with Crippen molar-refractivity contribution < 1.29 is 8.42 Å². The molecule has 62 valence electrons. The minimum absolute atomic E-state index is 0.151. The maximum atomic E-state index is 11.2. The van der Waals surface area contributed by atoms with Crippen LogP contribution in [0.15, 0.2) is 30.8 Å². The Morgan fingerprint density at radius 3 is 2.58 bits per heavy atom. The number of fused-ring (bicyclic) bond motifs is 1. The van der Waals surface area contributed by atoms with Gasteiger partial charge in [-0.3, -0.25) is 4.72 Å². The van der Waals surface area contributed by atoms with E-state index in [1.54, 1.807) is 24.3 Å². The highest BCUT2D eigenvalue weighted by atomic mass is 32.2. The highest BCUT2D eigenvalue weighted by molar-refractivity contribution is 8.02. The highest BCUT2D eigenvalue weighted by Crippen LogP contribution is 2.34. The number of para-hydroxylation sites is 1. The summed E-state index contributed by atoms with van der Waals surface area (Å²) in [5.41, 5.74) is 1.28. The molecule has 0 aliphatic carbocycles. The molecule has 0 saturated heterocycles. The summed E-state index contributed by atoms with van der Waals surface area (Å²) >= 11 is 0. The number of anilines is 1. The van der Waals surface area contributed by atoms with E-state index >= 15 is 0 Å². The molecule has 2 rings (SSSR count). The topological polar surface area (TPSA) is 46.2 Å². The van der Waals surface area contributed by atoms with E-state index in [0.717, 1.165) is 0 Å². The van der Waals surface area contributed by atoms with Crippen LogP contribution in [-0.2, 0) is 10.0 Å². The van der Waals surface area contributed by atoms with Gasteiger partial charge in [-0.2, -0.15) is 0 Å². The first-order valence-corrected chi connectivity index (χ1v) is 4.91. The van der Waals surface area contributed by atoms with Crippen molar-refractivity contribution in [1.82, 2.24) is 0 Å². The van der Waals surface area contributed by atoms with Gasteiger partial charge >= 0.3 is 0 Å². The van der Waals surface area contributed by atoms with Crippen molar-refractivity contribution in [1.29, 1.82) is 0 Å². The third-order valence-electron chi connectivity index (χ3n) is 1.80. The van der Waals surface area contributed by atoms with E-state index in [-0.39, 0.29) is 4.91 Å². The quantitative estimate of drug-likeness (QED) is 0.657. The van der Waals surface area contributed by atoms with Gasteiger partial charge in [0.15, 0.2) is 0 Å². The Hall–Kier alpha value is -1.29. The van der Waals surface area contributed by atoms with Crippen LogP contribution in [0.2, 0.25) is 0 Å². The van der Waals surface area contributed by atoms with Crippen molar-refractivity contribution in [2.24, 2.45) is 0 Å². The largest absolute Gasteiger partial charge is 0.279 e. The Morgan fingerprint density at radius 1 is 1.25 bits per heavy atom. The first kappa shape index (κ1) is 7.36. The van der Waals surface area contributed by atoms with E-state index in [0.29, 0.717) is 11.3 Å². The molecule has 0 aromatic heterocycles. The fraction of sp³-hybridized carbons (Fsp3) is 0. The van der Waals surface area contributed by atoms with Gasteiger partial charge in [-0.05, 0) is 6.07 Å². The average Bonchev–Trinajstić information content (AvgIpc) is 2.24. The summed E-state index contributed by atoms with van der Waals surface area (Å²) in [5.74, 6) is 0. The Bertz CT molecular complexity index is 448. The minimum atomic E-state index is -3.33. The number of nitrogens with one attached hydrogen (secondary N) is 1. The molecule has 3 nitrogen and oxygen atoms in total. The van der Waals surface area contributed by atoms with Crippen molar-refractivity contribution in [3.63, 3.8) is 0 Å². The molecule has 1 heterocycles.